The molecule has 0 bridgehead atoms. The molecule has 1 aromatic carbocycles. The summed E-state index contributed by atoms with van der Waals surface area (Å²) < 4.78 is 10.8. The smallest absolute Gasteiger partial charge is 0.245 e. The number of methoxy groups -OCH3 is 2. The van der Waals surface area contributed by atoms with Crippen LogP contribution in [0.25, 0.3) is 0 Å². The summed E-state index contributed by atoms with van der Waals surface area (Å²) in [6.07, 6.45) is 0.237. The largest absolute Gasteiger partial charge is 0.504 e. The number of aliphatic hydroxyl groups is 1. The molecule has 2 heterocycles. The summed E-state index contributed by atoms with van der Waals surface area (Å²) in [6, 6.07) is -1.49. The van der Waals surface area contributed by atoms with Gasteiger partial charge in [-0.2, -0.15) is 0 Å². The van der Waals surface area contributed by atoms with Crippen molar-refractivity contribution in [1.29, 1.82) is 0 Å². The number of rotatable bonds is 3. The van der Waals surface area contributed by atoms with Crippen LogP contribution in [0.5, 0.6) is 17.2 Å². The molecular weight excluding hydrogens is 328 g/mol. The third kappa shape index (κ3) is 2.31. The van der Waals surface area contributed by atoms with Crippen LogP contribution in [0.2, 0.25) is 0 Å². The van der Waals surface area contributed by atoms with Gasteiger partial charge in [0.05, 0.1) is 33.4 Å². The molecule has 8 nitrogen and oxygen atoms in total. The number of ether oxygens (including phenoxy) is 2. The number of carbonyl (C=O) groups excluding carboxylic acids is 2. The summed E-state index contributed by atoms with van der Waals surface area (Å²) in [5.41, 5.74) is 1.66. The molecule has 2 amide bonds. The first-order valence-corrected chi connectivity index (χ1v) is 8.00. The topological polar surface area (TPSA) is 99.5 Å². The molecule has 0 aromatic heterocycles. The van der Waals surface area contributed by atoms with Crippen LogP contribution in [0.3, 0.4) is 0 Å². The number of piperazine rings is 1. The summed E-state index contributed by atoms with van der Waals surface area (Å²) in [5.74, 6) is 0.112. The van der Waals surface area contributed by atoms with Crippen molar-refractivity contribution in [2.45, 2.75) is 25.4 Å². The molecule has 136 valence electrons. The number of hydrogen-bond donors (Lipinski definition) is 2. The SMILES string of the molecule is COc1c(C)c(O)c(OC)c2c1C[C@H]1C(=O)N(C)CC(=O)N1[C@@H]2CO. The van der Waals surface area contributed by atoms with Crippen molar-refractivity contribution < 1.29 is 29.3 Å². The van der Waals surface area contributed by atoms with Crippen LogP contribution in [0.1, 0.15) is 22.7 Å². The Kier molecular flexibility index (Phi) is 4.24. The quantitative estimate of drug-likeness (QED) is 0.795. The van der Waals surface area contributed by atoms with E-state index in [9.17, 15) is 19.8 Å². The van der Waals surface area contributed by atoms with Crippen LogP contribution in [0.4, 0.5) is 0 Å². The number of benzene rings is 1. The summed E-state index contributed by atoms with van der Waals surface area (Å²) in [7, 11) is 4.48. The van der Waals surface area contributed by atoms with Crippen LogP contribution in [0.15, 0.2) is 0 Å². The normalized spacial score (nSPS) is 22.6. The molecule has 0 radical (unpaired) electrons. The molecular formula is C17H22N2O6. The first-order valence-electron chi connectivity index (χ1n) is 8.00. The molecule has 0 spiro atoms. The Morgan fingerprint density at radius 3 is 2.40 bits per heavy atom. The fraction of sp³-hybridized carbons (Fsp3) is 0.529. The van der Waals surface area contributed by atoms with Crippen molar-refractivity contribution in [3.63, 3.8) is 0 Å². The summed E-state index contributed by atoms with van der Waals surface area (Å²) in [4.78, 5) is 28.0. The number of hydrogen-bond acceptors (Lipinski definition) is 6. The highest BCUT2D eigenvalue weighted by atomic mass is 16.5. The lowest BCUT2D eigenvalue weighted by Gasteiger charge is -2.47. The maximum Gasteiger partial charge on any atom is 0.245 e. The number of phenols is 1. The van der Waals surface area contributed by atoms with Crippen molar-refractivity contribution >= 4 is 11.8 Å². The molecule has 1 fully saturated rings. The van der Waals surface area contributed by atoms with Crippen molar-refractivity contribution in [3.05, 3.63) is 16.7 Å². The predicted molar refractivity (Wildman–Crippen MR) is 87.7 cm³/mol. The first kappa shape index (κ1) is 17.3. The van der Waals surface area contributed by atoms with Gasteiger partial charge < -0.3 is 29.5 Å². The second kappa shape index (κ2) is 6.11. The number of nitrogens with zero attached hydrogens (tertiary/aromatic N) is 2. The minimum absolute atomic E-state index is 0.0432. The minimum atomic E-state index is -0.783. The average Bonchev–Trinajstić information content (AvgIpc) is 2.59. The third-order valence-corrected chi connectivity index (χ3v) is 5.06. The van der Waals surface area contributed by atoms with Crippen LogP contribution >= 0.6 is 0 Å². The molecule has 2 atom stereocenters. The lowest BCUT2D eigenvalue weighted by atomic mass is 9.83. The van der Waals surface area contributed by atoms with Gasteiger partial charge in [0.2, 0.25) is 11.8 Å². The number of fused-ring (bicyclic) bond motifs is 2. The molecule has 2 N–H and O–H groups in total. The molecule has 0 unspecified atom stereocenters. The molecule has 25 heavy (non-hydrogen) atoms. The predicted octanol–water partition coefficient (Wildman–Crippen LogP) is -0.0235. The Bertz CT molecular complexity index is 747. The number of likely N-dealkylation sites (N-methyl/N-ethyl adjacent to an activating group) is 1. The fourth-order valence-electron chi connectivity index (χ4n) is 3.93. The van der Waals surface area contributed by atoms with E-state index < -0.39 is 18.7 Å². The first-order chi connectivity index (χ1) is 11.9. The Labute approximate surface area is 145 Å². The van der Waals surface area contributed by atoms with E-state index in [4.69, 9.17) is 9.47 Å². The Balaban J connectivity index is 2.29. The number of aromatic hydroxyl groups is 1. The van der Waals surface area contributed by atoms with Crippen LogP contribution < -0.4 is 9.47 Å². The number of amides is 2. The zero-order chi connectivity index (χ0) is 18.5. The lowest BCUT2D eigenvalue weighted by Crippen LogP contribution is -2.62. The zero-order valence-electron chi connectivity index (χ0n) is 14.7. The lowest BCUT2D eigenvalue weighted by molar-refractivity contribution is -0.159. The van der Waals surface area contributed by atoms with E-state index in [0.717, 1.165) is 0 Å². The Morgan fingerprint density at radius 2 is 1.84 bits per heavy atom. The molecule has 2 aliphatic heterocycles. The summed E-state index contributed by atoms with van der Waals surface area (Å²) in [5, 5.41) is 20.5. The molecule has 1 saturated heterocycles. The van der Waals surface area contributed by atoms with Gasteiger partial charge in [0, 0.05) is 30.2 Å². The van der Waals surface area contributed by atoms with E-state index >= 15 is 0 Å². The van der Waals surface area contributed by atoms with Crippen LogP contribution in [-0.2, 0) is 16.0 Å². The van der Waals surface area contributed by atoms with Gasteiger partial charge in [0.25, 0.3) is 0 Å². The second-order valence-corrected chi connectivity index (χ2v) is 6.35. The van der Waals surface area contributed by atoms with Gasteiger partial charge in [0.1, 0.15) is 11.8 Å². The number of aliphatic hydroxyl groups excluding tert-OH is 1. The summed E-state index contributed by atoms with van der Waals surface area (Å²) >= 11 is 0. The maximum atomic E-state index is 12.6. The Hall–Kier alpha value is -2.48. The van der Waals surface area contributed by atoms with Gasteiger partial charge in [-0.3, -0.25) is 9.59 Å². The second-order valence-electron chi connectivity index (χ2n) is 6.35. The fourth-order valence-corrected chi connectivity index (χ4v) is 3.93. The van der Waals surface area contributed by atoms with Gasteiger partial charge in [0.15, 0.2) is 11.5 Å². The number of carbonyl (C=O) groups is 2. The van der Waals surface area contributed by atoms with Crippen molar-refractivity contribution in [2.75, 3.05) is 34.4 Å². The molecule has 8 heteroatoms. The van der Waals surface area contributed by atoms with E-state index in [1.165, 1.54) is 24.0 Å². The van der Waals surface area contributed by atoms with Crippen molar-refractivity contribution in [2.24, 2.45) is 0 Å². The standard InChI is InChI=1S/C17H22N2O6/c1-8-14(22)16(25-4)13-9(15(8)24-3)5-10-17(23)18(2)6-12(21)19(10)11(13)7-20/h10-11,20,22H,5-7H2,1-4H3/t10-,11+/m0/s1. The van der Waals surface area contributed by atoms with Crippen molar-refractivity contribution in [3.8, 4) is 17.2 Å². The summed E-state index contributed by atoms with van der Waals surface area (Å²) in [6.45, 7) is 1.25. The van der Waals surface area contributed by atoms with E-state index in [0.29, 0.717) is 22.4 Å². The molecule has 2 aliphatic rings. The van der Waals surface area contributed by atoms with Crippen molar-refractivity contribution in [1.82, 2.24) is 9.80 Å². The highest BCUT2D eigenvalue weighted by Crippen LogP contribution is 2.50. The van der Waals surface area contributed by atoms with E-state index in [1.54, 1.807) is 14.0 Å². The third-order valence-electron chi connectivity index (χ3n) is 5.06. The van der Waals surface area contributed by atoms with Gasteiger partial charge in [-0.1, -0.05) is 0 Å². The molecule has 1 aromatic rings. The van der Waals surface area contributed by atoms with E-state index in [2.05, 4.69) is 0 Å². The van der Waals surface area contributed by atoms with Gasteiger partial charge in [-0.05, 0) is 6.92 Å². The van der Waals surface area contributed by atoms with Crippen LogP contribution in [0, 0.1) is 6.92 Å². The maximum absolute atomic E-state index is 12.6. The molecule has 0 saturated carbocycles. The van der Waals surface area contributed by atoms with E-state index in [-0.39, 0.29) is 36.3 Å². The van der Waals surface area contributed by atoms with Crippen LogP contribution in [-0.4, -0.2) is 72.3 Å². The van der Waals surface area contributed by atoms with Gasteiger partial charge in [-0.15, -0.1) is 0 Å². The van der Waals surface area contributed by atoms with E-state index in [1.807, 2.05) is 0 Å². The molecule has 3 rings (SSSR count). The van der Waals surface area contributed by atoms with Gasteiger partial charge >= 0.3 is 0 Å². The average molecular weight is 350 g/mol. The zero-order valence-corrected chi connectivity index (χ0v) is 14.7. The molecule has 0 aliphatic carbocycles. The van der Waals surface area contributed by atoms with Gasteiger partial charge in [-0.25, -0.2) is 0 Å². The Morgan fingerprint density at radius 1 is 1.20 bits per heavy atom. The monoisotopic (exact) mass is 350 g/mol. The highest BCUT2D eigenvalue weighted by Gasteiger charge is 2.48. The minimum Gasteiger partial charge on any atom is -0.504 e. The highest BCUT2D eigenvalue weighted by molar-refractivity contribution is 5.96. The number of phenolic OH excluding ortho intramolecular Hbond substituents is 1.